The number of aliphatic hydroxyl groups is 1. The van der Waals surface area contributed by atoms with Crippen LogP contribution in [0.15, 0.2) is 20.0 Å². The van der Waals surface area contributed by atoms with Crippen molar-refractivity contribution in [3.8, 4) is 0 Å². The molecule has 4 N–H and O–H groups in total. The number of pyridine rings is 1. The van der Waals surface area contributed by atoms with Gasteiger partial charge in [0.2, 0.25) is 0 Å². The van der Waals surface area contributed by atoms with Crippen LogP contribution < -0.4 is 10.5 Å². The Hall–Kier alpha value is -2.02. The van der Waals surface area contributed by atoms with Crippen LogP contribution in [0.5, 0.6) is 0 Å². The third-order valence-corrected chi connectivity index (χ3v) is 7.61. The summed E-state index contributed by atoms with van der Waals surface area (Å²) in [5, 5.41) is 19.6. The zero-order valence-corrected chi connectivity index (χ0v) is 18.1. The molecule has 30 heavy (non-hydrogen) atoms. The molecule has 164 valence electrons. The molecule has 0 aliphatic heterocycles. The predicted molar refractivity (Wildman–Crippen MR) is 108 cm³/mol. The summed E-state index contributed by atoms with van der Waals surface area (Å²) in [6.07, 6.45) is -3.22. The van der Waals surface area contributed by atoms with Gasteiger partial charge in [-0.1, -0.05) is 0 Å². The summed E-state index contributed by atoms with van der Waals surface area (Å²) in [7, 11) is -3.65. The Morgan fingerprint density at radius 2 is 2.03 bits per heavy atom. The lowest BCUT2D eigenvalue weighted by molar-refractivity contribution is -0.141. The van der Waals surface area contributed by atoms with E-state index in [-0.39, 0.29) is 21.2 Å². The number of hydrogen-bond acceptors (Lipinski definition) is 5. The monoisotopic (exact) mass is 462 g/mol. The average Bonchev–Trinajstić information content (AvgIpc) is 3.24. The highest BCUT2D eigenvalue weighted by molar-refractivity contribution is 7.93. The molecule has 0 saturated heterocycles. The van der Waals surface area contributed by atoms with Gasteiger partial charge in [-0.15, -0.1) is 15.7 Å². The van der Waals surface area contributed by atoms with Gasteiger partial charge in [0.1, 0.15) is 9.90 Å². The zero-order chi connectivity index (χ0) is 22.5. The molecule has 2 heterocycles. The second-order valence-corrected chi connectivity index (χ2v) is 10.5. The van der Waals surface area contributed by atoms with Crippen molar-refractivity contribution in [1.29, 1.82) is 0 Å². The number of aryl methyl sites for hydroxylation is 1. The first-order chi connectivity index (χ1) is 13.7. The fourth-order valence-electron chi connectivity index (χ4n) is 3.22. The number of nitrogens with one attached hydrogen (secondary N) is 1. The number of carbonyl (C=O) groups is 1. The predicted octanol–water partition coefficient (Wildman–Crippen LogP) is 4.12. The molecule has 0 saturated carbocycles. The van der Waals surface area contributed by atoms with Crippen molar-refractivity contribution in [1.82, 2.24) is 4.98 Å². The first-order valence-corrected chi connectivity index (χ1v) is 11.4. The van der Waals surface area contributed by atoms with E-state index in [4.69, 9.17) is 5.14 Å². The number of nitrogens with zero attached hydrogens (tertiary/aromatic N) is 2. The van der Waals surface area contributed by atoms with Crippen LogP contribution in [0.2, 0.25) is 0 Å². The molecule has 0 aromatic carbocycles. The van der Waals surface area contributed by atoms with E-state index in [1.54, 1.807) is 5.38 Å². The minimum Gasteiger partial charge on any atom is -0.386 e. The van der Waals surface area contributed by atoms with E-state index in [0.29, 0.717) is 30.4 Å². The first-order valence-electron chi connectivity index (χ1n) is 8.97. The lowest BCUT2D eigenvalue weighted by atomic mass is 10.0. The molecule has 0 bridgehead atoms. The summed E-state index contributed by atoms with van der Waals surface area (Å²) in [4.78, 5) is 16.2. The van der Waals surface area contributed by atoms with Crippen molar-refractivity contribution >= 4 is 33.0 Å². The molecule has 0 unspecified atom stereocenters. The molecule has 0 fully saturated rings. The van der Waals surface area contributed by atoms with E-state index in [9.17, 15) is 27.3 Å². The van der Waals surface area contributed by atoms with Gasteiger partial charge in [-0.05, 0) is 62.6 Å². The Bertz CT molecular complexity index is 1130. The van der Waals surface area contributed by atoms with Crippen LogP contribution in [0.1, 0.15) is 48.3 Å². The maximum absolute atomic E-state index is 13.3. The van der Waals surface area contributed by atoms with Gasteiger partial charge >= 0.3 is 12.2 Å². The number of anilines is 1. The normalized spacial score (nSPS) is 16.1. The van der Waals surface area contributed by atoms with Crippen LogP contribution in [0, 0.1) is 6.92 Å². The molecule has 1 aliphatic rings. The van der Waals surface area contributed by atoms with Gasteiger partial charge < -0.3 is 10.4 Å². The molecule has 0 spiro atoms. The summed E-state index contributed by atoms with van der Waals surface area (Å²) in [5.74, 6) is 0. The lowest BCUT2D eigenvalue weighted by Gasteiger charge is -2.17. The molecule has 2 aromatic heterocycles. The highest BCUT2D eigenvalue weighted by Gasteiger charge is 2.38. The number of rotatable bonds is 3. The van der Waals surface area contributed by atoms with E-state index < -0.39 is 33.4 Å². The van der Waals surface area contributed by atoms with E-state index in [1.807, 2.05) is 0 Å². The third-order valence-electron chi connectivity index (χ3n) is 4.76. The summed E-state index contributed by atoms with van der Waals surface area (Å²) in [6.45, 7) is 4.29. The lowest BCUT2D eigenvalue weighted by Crippen LogP contribution is -2.20. The summed E-state index contributed by atoms with van der Waals surface area (Å²) in [5.41, 5.74) is -1.26. The highest BCUT2D eigenvalue weighted by Crippen LogP contribution is 2.39. The van der Waals surface area contributed by atoms with Crippen LogP contribution in [0.3, 0.4) is 0 Å². The number of thiophene rings is 1. The van der Waals surface area contributed by atoms with Crippen LogP contribution in [0.25, 0.3) is 0 Å². The summed E-state index contributed by atoms with van der Waals surface area (Å²) >= 11 is 0.968. The van der Waals surface area contributed by atoms with Crippen molar-refractivity contribution in [3.63, 3.8) is 0 Å². The van der Waals surface area contributed by atoms with Gasteiger partial charge in [0, 0.05) is 11.3 Å². The van der Waals surface area contributed by atoms with Crippen molar-refractivity contribution < 1.29 is 27.3 Å². The van der Waals surface area contributed by atoms with E-state index >= 15 is 0 Å². The number of halogens is 3. The van der Waals surface area contributed by atoms with Crippen LogP contribution >= 0.6 is 11.3 Å². The molecular weight excluding hydrogens is 441 g/mol. The average molecular weight is 463 g/mol. The Labute approximate surface area is 175 Å². The number of alkyl halides is 3. The summed E-state index contributed by atoms with van der Waals surface area (Å²) < 4.78 is 56.4. The van der Waals surface area contributed by atoms with E-state index in [2.05, 4.69) is 14.7 Å². The summed E-state index contributed by atoms with van der Waals surface area (Å²) in [6, 6.07) is 0.276. The fourth-order valence-corrected chi connectivity index (χ4v) is 5.50. The molecule has 2 amide bonds. The van der Waals surface area contributed by atoms with Crippen molar-refractivity contribution in [2.24, 2.45) is 9.50 Å². The number of hydrogen-bond donors (Lipinski definition) is 3. The van der Waals surface area contributed by atoms with Gasteiger partial charge in [0.25, 0.3) is 0 Å². The minimum atomic E-state index is -4.68. The first kappa shape index (κ1) is 22.7. The topological polar surface area (TPSA) is 118 Å². The fraction of sp³-hybridized carbons (Fsp3) is 0.444. The molecule has 0 radical (unpaired) electrons. The number of carbonyl (C=O) groups excluding carboxylic acids is 1. The second kappa shape index (κ2) is 7.59. The van der Waals surface area contributed by atoms with Gasteiger partial charge in [0.15, 0.2) is 9.92 Å². The maximum Gasteiger partial charge on any atom is 0.433 e. The Kier molecular flexibility index (Phi) is 5.73. The number of aromatic nitrogens is 1. The molecular formula is C18H21F3N4O3S2. The van der Waals surface area contributed by atoms with Crippen LogP contribution in [-0.2, 0) is 34.5 Å². The van der Waals surface area contributed by atoms with Gasteiger partial charge in [-0.2, -0.15) is 13.2 Å². The molecule has 2 aromatic rings. The van der Waals surface area contributed by atoms with E-state index in [1.165, 1.54) is 26.8 Å². The van der Waals surface area contributed by atoms with Crippen molar-refractivity contribution in [3.05, 3.63) is 39.5 Å². The number of amides is 2. The largest absolute Gasteiger partial charge is 0.433 e. The van der Waals surface area contributed by atoms with Gasteiger partial charge in [-0.3, -0.25) is 0 Å². The highest BCUT2D eigenvalue weighted by atomic mass is 32.2. The Morgan fingerprint density at radius 1 is 1.37 bits per heavy atom. The standard InChI is InChI=1S/C18H21F3N4O3S2/c1-9-14(11-5-4-6-12(11)23-15(9)18(19,20)21)24-16(26)25-30(22,28)13-7-10(8-29-13)17(2,3)27/h7-8,27H,4-6H2,1-3H3,(H3,22,23,24,25,26,28)/t30-/m1/s1. The second-order valence-electron chi connectivity index (χ2n) is 7.54. The molecule has 3 rings (SSSR count). The number of nitrogens with two attached hydrogens (primary N) is 1. The number of urea groups is 1. The Morgan fingerprint density at radius 3 is 2.60 bits per heavy atom. The van der Waals surface area contributed by atoms with Crippen LogP contribution in [-0.4, -0.2) is 20.3 Å². The molecule has 7 nitrogen and oxygen atoms in total. The SMILES string of the molecule is Cc1c(C(F)(F)F)nc2c(c1NC(=O)N=[S@@](N)(=O)c1cc(C(C)(C)O)cs1)CCC2. The van der Waals surface area contributed by atoms with E-state index in [0.717, 1.165) is 11.3 Å². The smallest absolute Gasteiger partial charge is 0.386 e. The minimum absolute atomic E-state index is 0.0165. The van der Waals surface area contributed by atoms with Gasteiger partial charge in [0.05, 0.1) is 11.3 Å². The number of fused-ring (bicyclic) bond motifs is 1. The molecule has 1 aliphatic carbocycles. The maximum atomic E-state index is 13.3. The molecule has 12 heteroatoms. The third kappa shape index (κ3) is 4.51. The molecule has 1 atom stereocenters. The zero-order valence-electron chi connectivity index (χ0n) is 16.5. The van der Waals surface area contributed by atoms with Crippen molar-refractivity contribution in [2.75, 3.05) is 5.32 Å². The van der Waals surface area contributed by atoms with Crippen molar-refractivity contribution in [2.45, 2.75) is 56.0 Å². The Balaban J connectivity index is 1.97. The quantitative estimate of drug-likeness (QED) is 0.636. The van der Waals surface area contributed by atoms with Crippen LogP contribution in [0.4, 0.5) is 23.7 Å². The van der Waals surface area contributed by atoms with Gasteiger partial charge in [-0.25, -0.2) is 19.1 Å².